The summed E-state index contributed by atoms with van der Waals surface area (Å²) in [6.07, 6.45) is 0. The molecule has 0 aromatic heterocycles. The Labute approximate surface area is 70.6 Å². The van der Waals surface area contributed by atoms with Gasteiger partial charge in [-0.1, -0.05) is 0 Å². The Kier molecular flexibility index (Phi) is 2.33. The SMILES string of the molecule is COc1ccc(C(C)(O)F)cc1. The number of benzene rings is 1. The van der Waals surface area contributed by atoms with E-state index < -0.39 is 5.85 Å². The quantitative estimate of drug-likeness (QED) is 0.733. The van der Waals surface area contributed by atoms with Crippen LogP contribution in [0.15, 0.2) is 24.3 Å². The van der Waals surface area contributed by atoms with E-state index in [0.717, 1.165) is 6.92 Å². The lowest BCUT2D eigenvalue weighted by molar-refractivity contribution is -0.0769. The first kappa shape index (κ1) is 9.00. The predicted octanol–water partition coefficient (Wildman–Crippen LogP) is 1.83. The first-order valence-corrected chi connectivity index (χ1v) is 3.60. The van der Waals surface area contributed by atoms with Crippen LogP contribution in [0.3, 0.4) is 0 Å². The lowest BCUT2D eigenvalue weighted by atomic mass is 10.1. The molecule has 0 spiro atoms. The van der Waals surface area contributed by atoms with Crippen LogP contribution in [-0.4, -0.2) is 12.2 Å². The predicted molar refractivity (Wildman–Crippen MR) is 43.7 cm³/mol. The van der Waals surface area contributed by atoms with Crippen molar-refractivity contribution >= 4 is 0 Å². The molecule has 0 aliphatic carbocycles. The van der Waals surface area contributed by atoms with Crippen LogP contribution in [0.25, 0.3) is 0 Å². The van der Waals surface area contributed by atoms with Gasteiger partial charge < -0.3 is 9.84 Å². The second-order valence-electron chi connectivity index (χ2n) is 2.68. The number of aliphatic hydroxyl groups is 1. The van der Waals surface area contributed by atoms with Crippen LogP contribution in [0, 0.1) is 0 Å². The molecule has 0 saturated heterocycles. The molecule has 0 fully saturated rings. The van der Waals surface area contributed by atoms with Crippen LogP contribution in [0.5, 0.6) is 5.75 Å². The molecule has 0 radical (unpaired) electrons. The topological polar surface area (TPSA) is 29.5 Å². The molecule has 1 unspecified atom stereocenters. The number of halogens is 1. The summed E-state index contributed by atoms with van der Waals surface area (Å²) >= 11 is 0. The lowest BCUT2D eigenvalue weighted by Gasteiger charge is -2.12. The Balaban J connectivity index is 2.93. The molecule has 3 heteroatoms. The van der Waals surface area contributed by atoms with Gasteiger partial charge in [-0.3, -0.25) is 0 Å². The molecule has 0 bridgehead atoms. The van der Waals surface area contributed by atoms with Crippen LogP contribution < -0.4 is 4.74 Å². The summed E-state index contributed by atoms with van der Waals surface area (Å²) in [5.41, 5.74) is 0.225. The van der Waals surface area contributed by atoms with Crippen LogP contribution in [0.4, 0.5) is 4.39 Å². The minimum Gasteiger partial charge on any atom is -0.497 e. The van der Waals surface area contributed by atoms with Crippen LogP contribution in [0.1, 0.15) is 12.5 Å². The summed E-state index contributed by atoms with van der Waals surface area (Å²) in [6, 6.07) is 6.17. The van der Waals surface area contributed by atoms with Gasteiger partial charge in [0.15, 0.2) is 0 Å². The molecule has 0 aliphatic rings. The summed E-state index contributed by atoms with van der Waals surface area (Å²) < 4.78 is 17.7. The highest BCUT2D eigenvalue weighted by atomic mass is 19.2. The summed E-state index contributed by atoms with van der Waals surface area (Å²) in [6.45, 7) is 1.09. The molecule has 1 rings (SSSR count). The standard InChI is InChI=1S/C9H11FO2/c1-9(10,11)7-3-5-8(12-2)6-4-7/h3-6,11H,1-2H3. The van der Waals surface area contributed by atoms with E-state index >= 15 is 0 Å². The summed E-state index contributed by atoms with van der Waals surface area (Å²) in [7, 11) is 1.53. The molecular formula is C9H11FO2. The molecule has 1 atom stereocenters. The lowest BCUT2D eigenvalue weighted by Crippen LogP contribution is -2.12. The first-order chi connectivity index (χ1) is 5.54. The molecule has 2 nitrogen and oxygen atoms in total. The zero-order chi connectivity index (χ0) is 9.19. The van der Waals surface area contributed by atoms with Gasteiger partial charge in [-0.25, -0.2) is 4.39 Å². The van der Waals surface area contributed by atoms with Gasteiger partial charge in [0.25, 0.3) is 0 Å². The van der Waals surface area contributed by atoms with Crippen molar-refractivity contribution in [3.63, 3.8) is 0 Å². The largest absolute Gasteiger partial charge is 0.497 e. The summed E-state index contributed by atoms with van der Waals surface area (Å²) in [4.78, 5) is 0. The third-order valence-corrected chi connectivity index (χ3v) is 1.62. The number of ether oxygens (including phenoxy) is 1. The zero-order valence-corrected chi connectivity index (χ0v) is 7.04. The monoisotopic (exact) mass is 170 g/mol. The number of hydrogen-bond donors (Lipinski definition) is 1. The van der Waals surface area contributed by atoms with Gasteiger partial charge in [0.05, 0.1) is 7.11 Å². The van der Waals surface area contributed by atoms with E-state index in [4.69, 9.17) is 9.84 Å². The van der Waals surface area contributed by atoms with E-state index in [1.807, 2.05) is 0 Å². The van der Waals surface area contributed by atoms with Gasteiger partial charge >= 0.3 is 0 Å². The van der Waals surface area contributed by atoms with Gasteiger partial charge in [0.1, 0.15) is 5.75 Å². The van der Waals surface area contributed by atoms with E-state index in [-0.39, 0.29) is 5.56 Å². The highest BCUT2D eigenvalue weighted by Gasteiger charge is 2.20. The second kappa shape index (κ2) is 3.11. The van der Waals surface area contributed by atoms with Crippen molar-refractivity contribution in [2.45, 2.75) is 12.8 Å². The number of alkyl halides is 1. The van der Waals surface area contributed by atoms with E-state index in [0.29, 0.717) is 5.75 Å². The Bertz CT molecular complexity index is 248. The fourth-order valence-corrected chi connectivity index (χ4v) is 0.895. The fourth-order valence-electron chi connectivity index (χ4n) is 0.895. The summed E-state index contributed by atoms with van der Waals surface area (Å²) in [5, 5.41) is 8.95. The van der Waals surface area contributed by atoms with Crippen molar-refractivity contribution in [3.8, 4) is 5.75 Å². The minimum absolute atomic E-state index is 0.225. The normalized spacial score (nSPS) is 15.3. The molecule has 1 aromatic carbocycles. The smallest absolute Gasteiger partial charge is 0.230 e. The third-order valence-electron chi connectivity index (χ3n) is 1.62. The molecule has 0 amide bonds. The fraction of sp³-hybridized carbons (Fsp3) is 0.333. The van der Waals surface area contributed by atoms with E-state index in [1.54, 1.807) is 12.1 Å². The van der Waals surface area contributed by atoms with Gasteiger partial charge in [-0.15, -0.1) is 0 Å². The molecule has 0 heterocycles. The van der Waals surface area contributed by atoms with Crippen LogP contribution in [-0.2, 0) is 5.85 Å². The van der Waals surface area contributed by atoms with E-state index in [2.05, 4.69) is 0 Å². The van der Waals surface area contributed by atoms with Crippen LogP contribution >= 0.6 is 0 Å². The van der Waals surface area contributed by atoms with Crippen molar-refractivity contribution < 1.29 is 14.2 Å². The van der Waals surface area contributed by atoms with Crippen molar-refractivity contribution in [2.24, 2.45) is 0 Å². The van der Waals surface area contributed by atoms with Crippen molar-refractivity contribution in [1.82, 2.24) is 0 Å². The van der Waals surface area contributed by atoms with Gasteiger partial charge in [0, 0.05) is 5.56 Å². The molecule has 12 heavy (non-hydrogen) atoms. The third kappa shape index (κ3) is 1.95. The average molecular weight is 170 g/mol. The second-order valence-corrected chi connectivity index (χ2v) is 2.68. The minimum atomic E-state index is -2.27. The molecule has 1 N–H and O–H groups in total. The Morgan fingerprint density at radius 3 is 2.17 bits per heavy atom. The molecule has 1 aromatic rings. The highest BCUT2D eigenvalue weighted by molar-refractivity contribution is 5.29. The van der Waals surface area contributed by atoms with E-state index in [1.165, 1.54) is 19.2 Å². The van der Waals surface area contributed by atoms with Crippen LogP contribution in [0.2, 0.25) is 0 Å². The van der Waals surface area contributed by atoms with Crippen molar-refractivity contribution in [2.75, 3.05) is 7.11 Å². The maximum Gasteiger partial charge on any atom is 0.230 e. The Morgan fingerprint density at radius 1 is 1.33 bits per heavy atom. The Hall–Kier alpha value is -1.09. The maximum absolute atomic E-state index is 12.9. The number of rotatable bonds is 2. The van der Waals surface area contributed by atoms with Gasteiger partial charge in [-0.05, 0) is 31.2 Å². The maximum atomic E-state index is 12.9. The highest BCUT2D eigenvalue weighted by Crippen LogP contribution is 2.23. The molecule has 66 valence electrons. The van der Waals surface area contributed by atoms with Crippen molar-refractivity contribution in [1.29, 1.82) is 0 Å². The van der Waals surface area contributed by atoms with E-state index in [9.17, 15) is 4.39 Å². The number of hydrogen-bond acceptors (Lipinski definition) is 2. The average Bonchev–Trinajstić information content (AvgIpc) is 2.03. The number of methoxy groups -OCH3 is 1. The molecule has 0 aliphatic heterocycles. The molecular weight excluding hydrogens is 159 g/mol. The first-order valence-electron chi connectivity index (χ1n) is 3.60. The van der Waals surface area contributed by atoms with Crippen molar-refractivity contribution in [3.05, 3.63) is 29.8 Å². The molecule has 0 saturated carbocycles. The van der Waals surface area contributed by atoms with Gasteiger partial charge in [0.2, 0.25) is 5.85 Å². The zero-order valence-electron chi connectivity index (χ0n) is 7.04. The van der Waals surface area contributed by atoms with Gasteiger partial charge in [-0.2, -0.15) is 0 Å². The summed E-state index contributed by atoms with van der Waals surface area (Å²) in [5.74, 6) is -1.63. The Morgan fingerprint density at radius 2 is 1.83 bits per heavy atom.